The number of aromatic nitrogens is 1. The molecule has 1 unspecified atom stereocenters. The lowest BCUT2D eigenvalue weighted by molar-refractivity contribution is -0.130. The van der Waals surface area contributed by atoms with Gasteiger partial charge in [-0.3, -0.25) is 14.6 Å². The van der Waals surface area contributed by atoms with Crippen LogP contribution in [-0.2, 0) is 16.1 Å². The van der Waals surface area contributed by atoms with Gasteiger partial charge in [-0.05, 0) is 41.3 Å². The van der Waals surface area contributed by atoms with Crippen LogP contribution in [0.3, 0.4) is 0 Å². The fourth-order valence-corrected chi connectivity index (χ4v) is 3.36. The van der Waals surface area contributed by atoms with E-state index in [0.717, 1.165) is 11.1 Å². The summed E-state index contributed by atoms with van der Waals surface area (Å²) in [6.07, 6.45) is 3.50. The molecule has 0 spiro atoms. The van der Waals surface area contributed by atoms with Crippen molar-refractivity contribution in [3.8, 4) is 5.75 Å². The fraction of sp³-hybridized carbons (Fsp3) is 0.348. The van der Waals surface area contributed by atoms with Gasteiger partial charge in [-0.2, -0.15) is 0 Å². The van der Waals surface area contributed by atoms with Crippen LogP contribution in [0.4, 0.5) is 0 Å². The minimum atomic E-state index is -0.661. The van der Waals surface area contributed by atoms with Crippen LogP contribution in [0.15, 0.2) is 60.1 Å². The third kappa shape index (κ3) is 4.47. The number of hydrogen-bond donors (Lipinski definition) is 1. The van der Waals surface area contributed by atoms with Crippen molar-refractivity contribution in [2.75, 3.05) is 6.61 Å². The zero-order valence-electron chi connectivity index (χ0n) is 17.0. The van der Waals surface area contributed by atoms with Gasteiger partial charge < -0.3 is 14.7 Å². The number of pyridine rings is 1. The van der Waals surface area contributed by atoms with Gasteiger partial charge in [-0.1, -0.05) is 32.9 Å². The second kappa shape index (κ2) is 8.90. The van der Waals surface area contributed by atoms with Gasteiger partial charge in [-0.25, -0.2) is 0 Å². The second-order valence-corrected chi connectivity index (χ2v) is 7.51. The molecule has 152 valence electrons. The van der Waals surface area contributed by atoms with E-state index >= 15 is 0 Å². The predicted molar refractivity (Wildman–Crippen MR) is 109 cm³/mol. The maximum absolute atomic E-state index is 12.8. The van der Waals surface area contributed by atoms with Gasteiger partial charge in [0.1, 0.15) is 5.75 Å². The van der Waals surface area contributed by atoms with Crippen molar-refractivity contribution in [1.29, 1.82) is 0 Å². The van der Waals surface area contributed by atoms with Crippen molar-refractivity contribution < 1.29 is 19.4 Å². The molecule has 0 bridgehead atoms. The summed E-state index contributed by atoms with van der Waals surface area (Å²) in [6, 6.07) is 10.3. The van der Waals surface area contributed by atoms with Crippen LogP contribution < -0.4 is 4.74 Å². The molecule has 1 aromatic carbocycles. The van der Waals surface area contributed by atoms with Gasteiger partial charge in [0, 0.05) is 25.4 Å². The highest BCUT2D eigenvalue weighted by Gasteiger charge is 2.43. The number of Topliss-reactive ketones (excluding diaryl/α,β-unsaturated/α-hetero) is 1. The maximum atomic E-state index is 12.8. The standard InChI is InChI=1S/C23H26N2O4/c1-4-19(26)20-21(17-6-5-7-18(12-17)29-14-15(2)3)25(23(28)22(20)27)13-16-8-10-24-11-9-16/h5-12,15,21,27H,4,13-14H2,1-3H3. The zero-order valence-corrected chi connectivity index (χ0v) is 17.0. The molecule has 1 amide bonds. The SMILES string of the molecule is CCC(=O)C1=C(O)C(=O)N(Cc2ccncc2)C1c1cccc(OCC(C)C)c1. The molecule has 6 heteroatoms. The number of benzene rings is 1. The lowest BCUT2D eigenvalue weighted by Crippen LogP contribution is -2.30. The summed E-state index contributed by atoms with van der Waals surface area (Å²) in [6.45, 7) is 6.67. The molecule has 1 aromatic heterocycles. The van der Waals surface area contributed by atoms with E-state index in [1.807, 2.05) is 36.4 Å². The molecule has 3 rings (SSSR count). The van der Waals surface area contributed by atoms with Crippen molar-refractivity contribution >= 4 is 11.7 Å². The first kappa shape index (κ1) is 20.6. The number of ether oxygens (including phenoxy) is 1. The Kier molecular flexibility index (Phi) is 6.32. The lowest BCUT2D eigenvalue weighted by Gasteiger charge is -2.27. The lowest BCUT2D eigenvalue weighted by atomic mass is 9.94. The number of nitrogens with zero attached hydrogens (tertiary/aromatic N) is 2. The van der Waals surface area contributed by atoms with Crippen molar-refractivity contribution in [3.05, 3.63) is 71.3 Å². The van der Waals surface area contributed by atoms with E-state index in [2.05, 4.69) is 18.8 Å². The first-order valence-corrected chi connectivity index (χ1v) is 9.81. The van der Waals surface area contributed by atoms with Gasteiger partial charge in [0.25, 0.3) is 5.91 Å². The molecule has 29 heavy (non-hydrogen) atoms. The maximum Gasteiger partial charge on any atom is 0.290 e. The second-order valence-electron chi connectivity index (χ2n) is 7.51. The van der Waals surface area contributed by atoms with Gasteiger partial charge in [0.2, 0.25) is 0 Å². The van der Waals surface area contributed by atoms with Crippen molar-refractivity contribution in [2.24, 2.45) is 5.92 Å². The van der Waals surface area contributed by atoms with E-state index in [-0.39, 0.29) is 24.3 Å². The van der Waals surface area contributed by atoms with E-state index in [9.17, 15) is 14.7 Å². The molecule has 1 aliphatic rings. The molecular weight excluding hydrogens is 368 g/mol. The van der Waals surface area contributed by atoms with Crippen LogP contribution >= 0.6 is 0 Å². The van der Waals surface area contributed by atoms with Crippen LogP contribution in [0.25, 0.3) is 0 Å². The van der Waals surface area contributed by atoms with Crippen LogP contribution in [0, 0.1) is 5.92 Å². The van der Waals surface area contributed by atoms with E-state index in [1.165, 1.54) is 4.90 Å². The third-order valence-corrected chi connectivity index (χ3v) is 4.78. The molecule has 0 saturated carbocycles. The van der Waals surface area contributed by atoms with Crippen molar-refractivity contribution in [3.63, 3.8) is 0 Å². The number of aliphatic hydroxyl groups excluding tert-OH is 1. The molecular formula is C23H26N2O4. The number of aliphatic hydroxyl groups is 1. The van der Waals surface area contributed by atoms with E-state index in [0.29, 0.717) is 18.3 Å². The molecule has 2 aromatic rings. The Morgan fingerprint density at radius 3 is 2.62 bits per heavy atom. The molecule has 0 radical (unpaired) electrons. The summed E-state index contributed by atoms with van der Waals surface area (Å²) >= 11 is 0. The summed E-state index contributed by atoms with van der Waals surface area (Å²) in [4.78, 5) is 31.0. The third-order valence-electron chi connectivity index (χ3n) is 4.78. The summed E-state index contributed by atoms with van der Waals surface area (Å²) in [7, 11) is 0. The van der Waals surface area contributed by atoms with E-state index in [1.54, 1.807) is 19.3 Å². The number of carbonyl (C=O) groups excluding carboxylic acids is 2. The Bertz CT molecular complexity index is 921. The van der Waals surface area contributed by atoms with Gasteiger partial charge in [0.05, 0.1) is 18.2 Å². The van der Waals surface area contributed by atoms with E-state index in [4.69, 9.17) is 4.74 Å². The Morgan fingerprint density at radius 2 is 1.97 bits per heavy atom. The van der Waals surface area contributed by atoms with Crippen molar-refractivity contribution in [2.45, 2.75) is 39.8 Å². The average molecular weight is 394 g/mol. The zero-order chi connectivity index (χ0) is 21.0. The first-order chi connectivity index (χ1) is 13.9. The minimum Gasteiger partial charge on any atom is -0.503 e. The van der Waals surface area contributed by atoms with Gasteiger partial charge in [-0.15, -0.1) is 0 Å². The number of ketones is 1. The molecule has 0 aliphatic carbocycles. The Morgan fingerprint density at radius 1 is 1.24 bits per heavy atom. The Labute approximate surface area is 170 Å². The molecule has 0 fully saturated rings. The van der Waals surface area contributed by atoms with Crippen LogP contribution in [0.5, 0.6) is 5.75 Å². The van der Waals surface area contributed by atoms with Gasteiger partial charge in [0.15, 0.2) is 11.5 Å². The van der Waals surface area contributed by atoms with Crippen LogP contribution in [-0.4, -0.2) is 33.3 Å². The summed E-state index contributed by atoms with van der Waals surface area (Å²) in [5, 5.41) is 10.5. The van der Waals surface area contributed by atoms with Crippen LogP contribution in [0.1, 0.15) is 44.4 Å². The predicted octanol–water partition coefficient (Wildman–Crippen LogP) is 3.99. The highest BCUT2D eigenvalue weighted by atomic mass is 16.5. The fourth-order valence-electron chi connectivity index (χ4n) is 3.36. The molecule has 1 aliphatic heterocycles. The summed E-state index contributed by atoms with van der Waals surface area (Å²) in [5.74, 6) is -0.216. The highest BCUT2D eigenvalue weighted by molar-refractivity contribution is 6.08. The van der Waals surface area contributed by atoms with E-state index < -0.39 is 17.7 Å². The number of carbonyl (C=O) groups is 2. The smallest absolute Gasteiger partial charge is 0.290 e. The monoisotopic (exact) mass is 394 g/mol. The number of amides is 1. The highest BCUT2D eigenvalue weighted by Crippen LogP contribution is 2.40. The Balaban J connectivity index is 2.00. The number of rotatable bonds is 8. The molecule has 2 heterocycles. The van der Waals surface area contributed by atoms with Crippen molar-refractivity contribution in [1.82, 2.24) is 9.88 Å². The normalized spacial score (nSPS) is 16.6. The minimum absolute atomic E-state index is 0.146. The molecule has 0 saturated heterocycles. The van der Waals surface area contributed by atoms with Crippen LogP contribution in [0.2, 0.25) is 0 Å². The summed E-state index contributed by atoms with van der Waals surface area (Å²) in [5.41, 5.74) is 1.74. The largest absolute Gasteiger partial charge is 0.503 e. The average Bonchev–Trinajstić information content (AvgIpc) is 2.97. The number of hydrogen-bond acceptors (Lipinski definition) is 5. The van der Waals surface area contributed by atoms with Gasteiger partial charge >= 0.3 is 0 Å². The Hall–Kier alpha value is -3.15. The molecule has 1 N–H and O–H groups in total. The first-order valence-electron chi connectivity index (χ1n) is 9.81. The molecule has 1 atom stereocenters. The topological polar surface area (TPSA) is 79.7 Å². The quantitative estimate of drug-likeness (QED) is 0.732. The summed E-state index contributed by atoms with van der Waals surface area (Å²) < 4.78 is 5.82. The molecule has 6 nitrogen and oxygen atoms in total.